The second-order valence-electron chi connectivity index (χ2n) is 4.22. The Morgan fingerprint density at radius 3 is 2.43 bits per heavy atom. The standard InChI is InChI=1S/C13H13ClN2O3S2/c1-8-12(7-11(20-8)13(17)15-2)21(18,19)16-10-5-3-9(14)4-6-10/h3-7,16H,1-2H3,(H,15,17). The Labute approximate surface area is 132 Å². The van der Waals surface area contributed by atoms with Crippen molar-refractivity contribution in [2.75, 3.05) is 11.8 Å². The molecule has 112 valence electrons. The largest absolute Gasteiger partial charge is 0.354 e. The van der Waals surface area contributed by atoms with Crippen molar-refractivity contribution in [3.8, 4) is 0 Å². The van der Waals surface area contributed by atoms with E-state index in [-0.39, 0.29) is 10.8 Å². The van der Waals surface area contributed by atoms with Crippen molar-refractivity contribution in [2.24, 2.45) is 0 Å². The number of benzene rings is 1. The van der Waals surface area contributed by atoms with Crippen molar-refractivity contribution in [3.05, 3.63) is 45.1 Å². The van der Waals surface area contributed by atoms with Gasteiger partial charge in [-0.25, -0.2) is 8.42 Å². The molecule has 0 bridgehead atoms. The molecule has 0 aliphatic heterocycles. The third-order valence-corrected chi connectivity index (χ3v) is 5.65. The lowest BCUT2D eigenvalue weighted by Gasteiger charge is -2.07. The molecule has 5 nitrogen and oxygen atoms in total. The quantitative estimate of drug-likeness (QED) is 0.895. The van der Waals surface area contributed by atoms with Crippen LogP contribution in [0, 0.1) is 6.92 Å². The molecule has 2 N–H and O–H groups in total. The van der Waals surface area contributed by atoms with Crippen molar-refractivity contribution in [2.45, 2.75) is 11.8 Å². The van der Waals surface area contributed by atoms with Crippen LogP contribution < -0.4 is 10.0 Å². The zero-order valence-corrected chi connectivity index (χ0v) is 13.7. The second-order valence-corrected chi connectivity index (χ2v) is 7.57. The summed E-state index contributed by atoms with van der Waals surface area (Å²) >= 11 is 6.89. The summed E-state index contributed by atoms with van der Waals surface area (Å²) in [6, 6.07) is 7.70. The number of hydrogen-bond donors (Lipinski definition) is 2. The average Bonchev–Trinajstić information content (AvgIpc) is 2.83. The molecule has 8 heteroatoms. The molecule has 0 atom stereocenters. The van der Waals surface area contributed by atoms with Crippen LogP contribution in [0.4, 0.5) is 5.69 Å². The van der Waals surface area contributed by atoms with Gasteiger partial charge in [0.05, 0.1) is 4.88 Å². The minimum absolute atomic E-state index is 0.0982. The molecule has 1 aromatic heterocycles. The van der Waals surface area contributed by atoms with Crippen molar-refractivity contribution in [1.29, 1.82) is 0 Å². The first-order valence-corrected chi connectivity index (χ1v) is 8.62. The third-order valence-electron chi connectivity index (χ3n) is 2.71. The number of amides is 1. The third kappa shape index (κ3) is 3.55. The first-order chi connectivity index (χ1) is 9.83. The maximum atomic E-state index is 12.4. The summed E-state index contributed by atoms with van der Waals surface area (Å²) in [4.78, 5) is 12.6. The monoisotopic (exact) mass is 344 g/mol. The van der Waals surface area contributed by atoms with Gasteiger partial charge in [0, 0.05) is 22.6 Å². The normalized spacial score (nSPS) is 11.2. The summed E-state index contributed by atoms with van der Waals surface area (Å²) in [5.41, 5.74) is 0.409. The Balaban J connectivity index is 2.33. The predicted octanol–water partition coefficient (Wildman–Crippen LogP) is 2.87. The van der Waals surface area contributed by atoms with Crippen LogP contribution in [0.25, 0.3) is 0 Å². The first-order valence-electron chi connectivity index (χ1n) is 5.94. The van der Waals surface area contributed by atoms with Crippen molar-refractivity contribution >= 4 is 44.6 Å². The van der Waals surface area contributed by atoms with Gasteiger partial charge in [0.1, 0.15) is 4.90 Å². The van der Waals surface area contributed by atoms with E-state index >= 15 is 0 Å². The summed E-state index contributed by atoms with van der Waals surface area (Å²) in [5.74, 6) is -0.309. The van der Waals surface area contributed by atoms with Crippen molar-refractivity contribution in [1.82, 2.24) is 5.32 Å². The molecule has 0 saturated carbocycles. The smallest absolute Gasteiger partial charge is 0.263 e. The summed E-state index contributed by atoms with van der Waals surface area (Å²) in [5, 5.41) is 2.99. The number of hydrogen-bond acceptors (Lipinski definition) is 4. The summed E-state index contributed by atoms with van der Waals surface area (Å²) in [6.07, 6.45) is 0. The van der Waals surface area contributed by atoms with Gasteiger partial charge in [0.25, 0.3) is 15.9 Å². The van der Waals surface area contributed by atoms with E-state index < -0.39 is 10.0 Å². The highest BCUT2D eigenvalue weighted by molar-refractivity contribution is 7.93. The number of halogens is 1. The molecule has 21 heavy (non-hydrogen) atoms. The van der Waals surface area contributed by atoms with Crippen LogP contribution in [0.3, 0.4) is 0 Å². The van der Waals surface area contributed by atoms with Gasteiger partial charge in [-0.3, -0.25) is 9.52 Å². The highest BCUT2D eigenvalue weighted by Crippen LogP contribution is 2.27. The van der Waals surface area contributed by atoms with Crippen LogP contribution in [0.1, 0.15) is 14.5 Å². The van der Waals surface area contributed by atoms with Crippen LogP contribution in [0.5, 0.6) is 0 Å². The molecule has 0 unspecified atom stereocenters. The predicted molar refractivity (Wildman–Crippen MR) is 84.7 cm³/mol. The van der Waals surface area contributed by atoms with Gasteiger partial charge >= 0.3 is 0 Å². The fourth-order valence-corrected chi connectivity index (χ4v) is 4.42. The number of aryl methyl sites for hydroxylation is 1. The number of sulfonamides is 1. The van der Waals surface area contributed by atoms with E-state index in [2.05, 4.69) is 10.0 Å². The van der Waals surface area contributed by atoms with Gasteiger partial charge in [-0.05, 0) is 37.3 Å². The lowest BCUT2D eigenvalue weighted by molar-refractivity contribution is 0.0967. The molecule has 1 heterocycles. The van der Waals surface area contributed by atoms with Crippen molar-refractivity contribution in [3.63, 3.8) is 0 Å². The Morgan fingerprint density at radius 2 is 1.86 bits per heavy atom. The zero-order valence-electron chi connectivity index (χ0n) is 11.3. The minimum Gasteiger partial charge on any atom is -0.354 e. The summed E-state index contributed by atoms with van der Waals surface area (Å²) < 4.78 is 27.2. The molecule has 2 aromatic rings. The van der Waals surface area contributed by atoms with Crippen molar-refractivity contribution < 1.29 is 13.2 Å². The molecule has 0 radical (unpaired) electrons. The van der Waals surface area contributed by atoms with Gasteiger partial charge < -0.3 is 5.32 Å². The maximum absolute atomic E-state index is 12.4. The molecule has 0 spiro atoms. The Hall–Kier alpha value is -1.57. The zero-order chi connectivity index (χ0) is 15.6. The highest BCUT2D eigenvalue weighted by Gasteiger charge is 2.22. The van der Waals surface area contributed by atoms with Gasteiger partial charge in [-0.2, -0.15) is 0 Å². The Bertz CT molecular complexity index is 767. The fraction of sp³-hybridized carbons (Fsp3) is 0.154. The maximum Gasteiger partial charge on any atom is 0.263 e. The fourth-order valence-electron chi connectivity index (χ4n) is 1.70. The lowest BCUT2D eigenvalue weighted by atomic mass is 10.3. The average molecular weight is 345 g/mol. The molecule has 1 amide bonds. The van der Waals surface area contributed by atoms with Gasteiger partial charge in [-0.1, -0.05) is 11.6 Å². The number of rotatable bonds is 4. The molecule has 0 aliphatic carbocycles. The van der Waals surface area contributed by atoms with Gasteiger partial charge in [-0.15, -0.1) is 11.3 Å². The van der Waals surface area contributed by atoms with E-state index in [1.54, 1.807) is 31.2 Å². The summed E-state index contributed by atoms with van der Waals surface area (Å²) in [7, 11) is -2.24. The second kappa shape index (κ2) is 6.05. The van der Waals surface area contributed by atoms with E-state index in [4.69, 9.17) is 11.6 Å². The van der Waals surface area contributed by atoms with Crippen LogP contribution in [0.2, 0.25) is 5.02 Å². The van der Waals surface area contributed by atoms with Crippen LogP contribution >= 0.6 is 22.9 Å². The molecule has 1 aromatic carbocycles. The first kappa shape index (κ1) is 15.8. The molecule has 0 fully saturated rings. The van der Waals surface area contributed by atoms with Crippen LogP contribution in [-0.2, 0) is 10.0 Å². The van der Waals surface area contributed by atoms with E-state index in [0.29, 0.717) is 20.5 Å². The van der Waals surface area contributed by atoms with Crippen LogP contribution in [0.15, 0.2) is 35.2 Å². The lowest BCUT2D eigenvalue weighted by Crippen LogP contribution is -2.16. The Kier molecular flexibility index (Phi) is 4.55. The highest BCUT2D eigenvalue weighted by atomic mass is 35.5. The van der Waals surface area contributed by atoms with E-state index in [9.17, 15) is 13.2 Å². The number of thiophene rings is 1. The van der Waals surface area contributed by atoms with Crippen LogP contribution in [-0.4, -0.2) is 21.4 Å². The molecular formula is C13H13ClN2O3S2. The van der Waals surface area contributed by atoms with Gasteiger partial charge in [0.15, 0.2) is 0 Å². The van der Waals surface area contributed by atoms with Gasteiger partial charge in [0.2, 0.25) is 0 Å². The van der Waals surface area contributed by atoms with E-state index in [1.807, 2.05) is 0 Å². The van der Waals surface area contributed by atoms with E-state index in [1.165, 1.54) is 13.1 Å². The number of anilines is 1. The summed E-state index contributed by atoms with van der Waals surface area (Å²) in [6.45, 7) is 1.66. The minimum atomic E-state index is -3.74. The number of nitrogens with one attached hydrogen (secondary N) is 2. The molecule has 2 rings (SSSR count). The number of carbonyl (C=O) groups excluding carboxylic acids is 1. The SMILES string of the molecule is CNC(=O)c1cc(S(=O)(=O)Nc2ccc(Cl)cc2)c(C)s1. The number of carbonyl (C=O) groups is 1. The Morgan fingerprint density at radius 1 is 1.24 bits per heavy atom. The molecule has 0 saturated heterocycles. The van der Waals surface area contributed by atoms with E-state index in [0.717, 1.165) is 11.3 Å². The topological polar surface area (TPSA) is 75.3 Å². The molecule has 0 aliphatic rings. The molecular weight excluding hydrogens is 332 g/mol.